The summed E-state index contributed by atoms with van der Waals surface area (Å²) in [5.74, 6) is 1.38. The number of allylic oxidation sites excluding steroid dienone is 17. The van der Waals surface area contributed by atoms with Crippen molar-refractivity contribution >= 4 is 45.6 Å². The highest BCUT2D eigenvalue weighted by molar-refractivity contribution is 7.79. The van der Waals surface area contributed by atoms with Crippen molar-refractivity contribution in [3.63, 3.8) is 0 Å². The molecule has 1 aliphatic rings. The molecule has 0 radical (unpaired) electrons. The predicted molar refractivity (Wildman–Crippen MR) is 353 cm³/mol. The minimum absolute atomic E-state index is 0.0195. The minimum Gasteiger partial charge on any atom is -0.496 e. The van der Waals surface area contributed by atoms with Crippen LogP contribution >= 0.6 is 12.6 Å². The van der Waals surface area contributed by atoms with Crippen molar-refractivity contribution in [1.29, 1.82) is 0 Å². The van der Waals surface area contributed by atoms with Crippen LogP contribution in [0.2, 0.25) is 0 Å². The van der Waals surface area contributed by atoms with E-state index in [-0.39, 0.29) is 6.04 Å². The van der Waals surface area contributed by atoms with E-state index in [2.05, 4.69) is 240 Å². The molecule has 0 amide bonds. The Balaban J connectivity index is 0.000000543. The van der Waals surface area contributed by atoms with Crippen LogP contribution in [0.15, 0.2) is 275 Å². The van der Waals surface area contributed by atoms with Crippen LogP contribution in [0.5, 0.6) is 5.75 Å². The average molecular weight is 1070 g/mol. The van der Waals surface area contributed by atoms with Gasteiger partial charge in [-0.25, -0.2) is 0 Å². The quantitative estimate of drug-likeness (QED) is 0.0440. The zero-order valence-electron chi connectivity index (χ0n) is 48.2. The van der Waals surface area contributed by atoms with Gasteiger partial charge >= 0.3 is 0 Å². The second kappa shape index (κ2) is 33.9. The lowest BCUT2D eigenvalue weighted by molar-refractivity contribution is 0.263. The van der Waals surface area contributed by atoms with Crippen molar-refractivity contribution in [2.24, 2.45) is 5.73 Å². The monoisotopic (exact) mass is 1060 g/mol. The van der Waals surface area contributed by atoms with E-state index in [4.69, 9.17) is 10.5 Å². The number of nitrogens with zero attached hydrogens (tertiary/aromatic N) is 2. The number of hydrogen-bond acceptors (Lipinski definition) is 5. The van der Waals surface area contributed by atoms with Crippen LogP contribution in [0.1, 0.15) is 87.7 Å². The van der Waals surface area contributed by atoms with Crippen molar-refractivity contribution < 1.29 is 4.74 Å². The molecule has 8 rings (SSSR count). The number of nitrogens with one attached hydrogen (secondary N) is 1. The van der Waals surface area contributed by atoms with Gasteiger partial charge in [-0.1, -0.05) is 236 Å². The fourth-order valence-corrected chi connectivity index (χ4v) is 9.21. The molecule has 79 heavy (non-hydrogen) atoms. The van der Waals surface area contributed by atoms with Gasteiger partial charge in [0.2, 0.25) is 0 Å². The molecule has 6 aromatic carbocycles. The van der Waals surface area contributed by atoms with Crippen LogP contribution in [-0.2, 0) is 0 Å². The van der Waals surface area contributed by atoms with Crippen LogP contribution in [0.25, 0.3) is 49.8 Å². The molecule has 1 aromatic heterocycles. The van der Waals surface area contributed by atoms with Crippen molar-refractivity contribution in [2.45, 2.75) is 73.1 Å². The molecule has 0 fully saturated rings. The average Bonchev–Trinajstić information content (AvgIpc) is 3.89. The van der Waals surface area contributed by atoms with Crippen molar-refractivity contribution in [3.05, 3.63) is 303 Å². The molecule has 5 nitrogen and oxygen atoms in total. The second-order valence-electron chi connectivity index (χ2n) is 18.2. The molecule has 0 saturated heterocycles. The summed E-state index contributed by atoms with van der Waals surface area (Å²) < 4.78 is 7.65. The fourth-order valence-electron chi connectivity index (χ4n) is 9.21. The van der Waals surface area contributed by atoms with Gasteiger partial charge in [0.25, 0.3) is 0 Å². The number of para-hydroxylation sites is 2. The maximum atomic E-state index is 6.87. The molecule has 1 aliphatic heterocycles. The molecule has 2 heterocycles. The number of aromatic nitrogens is 1. The topological polar surface area (TPSA) is 55.5 Å². The van der Waals surface area contributed by atoms with E-state index in [1.54, 1.807) is 25.5 Å². The number of hydrogen-bond donors (Lipinski definition) is 3. The molecule has 0 spiro atoms. The van der Waals surface area contributed by atoms with Crippen LogP contribution in [0, 0.1) is 6.92 Å². The molecular weight excluding hydrogens is 981 g/mol. The summed E-state index contributed by atoms with van der Waals surface area (Å²) in [5.41, 5.74) is 22.2. The minimum atomic E-state index is -0.556. The molecule has 7 aromatic rings. The summed E-state index contributed by atoms with van der Waals surface area (Å²) in [7, 11) is 1.71. The lowest BCUT2D eigenvalue weighted by Gasteiger charge is -2.34. The molecule has 0 aliphatic carbocycles. The van der Waals surface area contributed by atoms with E-state index in [0.717, 1.165) is 73.7 Å². The highest BCUT2D eigenvalue weighted by atomic mass is 32.1. The lowest BCUT2D eigenvalue weighted by atomic mass is 9.99. The van der Waals surface area contributed by atoms with Crippen molar-refractivity contribution in [3.8, 4) is 22.6 Å². The third-order valence-corrected chi connectivity index (χ3v) is 13.1. The normalized spacial score (nSPS) is 15.6. The maximum Gasteiger partial charge on any atom is 0.137 e. The first kappa shape index (κ1) is 63.4. The Labute approximate surface area is 480 Å². The second-order valence-corrected chi connectivity index (χ2v) is 18.2. The van der Waals surface area contributed by atoms with Gasteiger partial charge in [0.15, 0.2) is 0 Å². The van der Waals surface area contributed by atoms with Gasteiger partial charge in [0, 0.05) is 45.4 Å². The van der Waals surface area contributed by atoms with E-state index in [1.165, 1.54) is 27.5 Å². The molecule has 0 saturated carbocycles. The van der Waals surface area contributed by atoms with Gasteiger partial charge in [-0.3, -0.25) is 11.1 Å². The Hall–Kier alpha value is -8.13. The molecule has 0 bridgehead atoms. The van der Waals surface area contributed by atoms with Crippen LogP contribution in [-0.4, -0.2) is 29.1 Å². The van der Waals surface area contributed by atoms with E-state index >= 15 is 0 Å². The summed E-state index contributed by atoms with van der Waals surface area (Å²) in [5, 5.41) is 5.97. The summed E-state index contributed by atoms with van der Waals surface area (Å²) in [4.78, 5) is 1.95. The van der Waals surface area contributed by atoms with Gasteiger partial charge in [-0.2, -0.15) is 12.6 Å². The van der Waals surface area contributed by atoms with Crippen LogP contribution in [0.4, 0.5) is 0 Å². The maximum absolute atomic E-state index is 6.87. The highest BCUT2D eigenvalue weighted by Gasteiger charge is 2.21. The molecule has 6 heteroatoms. The number of benzene rings is 6. The third-order valence-electron chi connectivity index (χ3n) is 13.1. The van der Waals surface area contributed by atoms with Crippen molar-refractivity contribution in [1.82, 2.24) is 14.8 Å². The summed E-state index contributed by atoms with van der Waals surface area (Å²) >= 11 is 3.53. The Bertz CT molecular complexity index is 3330. The smallest absolute Gasteiger partial charge is 0.137 e. The Morgan fingerprint density at radius 2 is 1.33 bits per heavy atom. The van der Waals surface area contributed by atoms with Crippen molar-refractivity contribution in [2.75, 3.05) is 13.4 Å². The molecule has 3 atom stereocenters. The largest absolute Gasteiger partial charge is 0.496 e. The van der Waals surface area contributed by atoms with E-state index in [0.29, 0.717) is 5.92 Å². The number of ether oxygens (including phenoxy) is 1. The summed E-state index contributed by atoms with van der Waals surface area (Å²) in [6.07, 6.45) is 32.1. The number of rotatable bonds is 14. The van der Waals surface area contributed by atoms with Crippen LogP contribution in [0.3, 0.4) is 0 Å². The van der Waals surface area contributed by atoms with Gasteiger partial charge in [-0.15, -0.1) is 0 Å². The van der Waals surface area contributed by atoms with Gasteiger partial charge in [0.05, 0.1) is 18.1 Å². The molecular formula is C73H84N4OS. The van der Waals surface area contributed by atoms with Gasteiger partial charge in [-0.05, 0) is 133 Å². The third kappa shape index (κ3) is 17.4. The number of aryl methyl sites for hydroxylation is 1. The van der Waals surface area contributed by atoms with E-state index in [1.807, 2.05) is 87.3 Å². The number of fused-ring (bicyclic) bond motifs is 3. The highest BCUT2D eigenvalue weighted by Crippen LogP contribution is 2.36. The molecule has 408 valence electrons. The molecule has 3 N–H and O–H groups in total. The zero-order valence-corrected chi connectivity index (χ0v) is 49.1. The summed E-state index contributed by atoms with van der Waals surface area (Å²) in [6, 6.07) is 49.5. The standard InChI is InChI=1S/C54H52N4.C12H16O.C4H6.C2H6.CH4S/c1-7-9-21-42(8-2)44-30-32-45(33-31-44)46-23-18-24-48(36-46)58-52-27-17-16-26-50(52)51-37-47(34-35-53(51)58)43-22-13-11-10-12-20-39(4)57(40(5)28-29-43)54(55)56-41(6)49-25-15-14-19-38(49)3;1-4-7-10(2)11-8-5-6-9-12(11)13-3;1-3-4-2;2*1-2/h7-12,14-37,41,54,56H,2,4-5,13,55H2,1,3,6H3;4-10H,1-3H3;3-4H,1-2H2;1-2H3;2H,1H3/b9-7-,11-10-,20-12-,29-28-,42-21+,43-22+;7-4-;;;. The van der Waals surface area contributed by atoms with Gasteiger partial charge in [0.1, 0.15) is 12.0 Å². The Kier molecular flexibility index (Phi) is 27.2. The first-order chi connectivity index (χ1) is 38.5. The predicted octanol–water partition coefficient (Wildman–Crippen LogP) is 19.6. The Morgan fingerprint density at radius 3 is 2.00 bits per heavy atom. The van der Waals surface area contributed by atoms with Gasteiger partial charge < -0.3 is 14.2 Å². The SMILES string of the molecule is C/C=C\C(C)c1ccccc1OC.C=C/C(=C\C=C/C)c1ccc(-c2cccc(-n3c4ccccc4c4cc(C5=C/C/C=C\C=C/C(=C)N(C(N)NC(C)c6ccccc6C)C(=C)/C=C\5)ccc43)c2)cc1.C=CC=C.CC.CS. The fraction of sp³-hybridized carbons (Fsp3) is 0.178. The van der Waals surface area contributed by atoms with Crippen LogP contribution < -0.4 is 15.8 Å². The lowest BCUT2D eigenvalue weighted by Crippen LogP contribution is -2.51. The Morgan fingerprint density at radius 1 is 0.684 bits per heavy atom. The first-order valence-corrected chi connectivity index (χ1v) is 28.0. The molecule has 3 unspecified atom stereocenters. The van der Waals surface area contributed by atoms with E-state index in [9.17, 15) is 0 Å². The number of nitrogens with two attached hydrogens (primary N) is 1. The zero-order chi connectivity index (χ0) is 57.7. The number of thiol groups is 1. The van der Waals surface area contributed by atoms with E-state index < -0.39 is 6.29 Å². The number of methoxy groups -OCH3 is 1. The first-order valence-electron chi connectivity index (χ1n) is 27.1. The summed E-state index contributed by atoms with van der Waals surface area (Å²) in [6.45, 7) is 34.0.